The molecular weight excluding hydrogens is 359 g/mol. The number of piperidine rings is 1. The summed E-state index contributed by atoms with van der Waals surface area (Å²) >= 11 is 0. The molecule has 1 aromatic rings. The average Bonchev–Trinajstić information content (AvgIpc) is 3.19. The molecule has 7 heteroatoms. The van der Waals surface area contributed by atoms with E-state index in [1.54, 1.807) is 12.1 Å². The number of anilines is 2. The maximum absolute atomic E-state index is 14.3. The molecule has 0 aliphatic carbocycles. The first kappa shape index (κ1) is 20.6. The second-order valence-electron chi connectivity index (χ2n) is 7.97. The van der Waals surface area contributed by atoms with Crippen LogP contribution in [0.2, 0.25) is 0 Å². The van der Waals surface area contributed by atoms with E-state index < -0.39 is 11.8 Å². The van der Waals surface area contributed by atoms with Crippen molar-refractivity contribution in [2.24, 2.45) is 5.92 Å². The maximum atomic E-state index is 14.3. The van der Waals surface area contributed by atoms with Crippen LogP contribution in [0.3, 0.4) is 0 Å². The normalized spacial score (nSPS) is 20.2. The number of carbonyl (C=O) groups excluding carboxylic acids is 2. The highest BCUT2D eigenvalue weighted by atomic mass is 19.1. The minimum atomic E-state index is -0.764. The SMILES string of the molecule is CC1CCCN(CCCNC(=O)C(=O)Nc2ccc(N3CCCC3)c(F)c2)C1. The Morgan fingerprint density at radius 1 is 1.14 bits per heavy atom. The number of carbonyl (C=O) groups is 2. The van der Waals surface area contributed by atoms with Crippen LogP contribution in [-0.2, 0) is 9.59 Å². The Morgan fingerprint density at radius 3 is 2.64 bits per heavy atom. The van der Waals surface area contributed by atoms with Crippen LogP contribution in [-0.4, -0.2) is 56.0 Å². The van der Waals surface area contributed by atoms with Gasteiger partial charge in [-0.05, 0) is 69.3 Å². The van der Waals surface area contributed by atoms with E-state index in [0.29, 0.717) is 17.9 Å². The van der Waals surface area contributed by atoms with E-state index in [4.69, 9.17) is 0 Å². The Bertz CT molecular complexity index is 691. The van der Waals surface area contributed by atoms with Gasteiger partial charge in [-0.25, -0.2) is 4.39 Å². The van der Waals surface area contributed by atoms with Gasteiger partial charge in [0.1, 0.15) is 5.82 Å². The van der Waals surface area contributed by atoms with Gasteiger partial charge in [-0.15, -0.1) is 0 Å². The first-order chi connectivity index (χ1) is 13.5. The van der Waals surface area contributed by atoms with E-state index in [1.807, 2.05) is 4.90 Å². The number of nitrogens with one attached hydrogen (secondary N) is 2. The first-order valence-electron chi connectivity index (χ1n) is 10.4. The van der Waals surface area contributed by atoms with E-state index in [2.05, 4.69) is 22.5 Å². The van der Waals surface area contributed by atoms with Crippen LogP contribution in [0, 0.1) is 11.7 Å². The van der Waals surface area contributed by atoms with Crippen molar-refractivity contribution in [3.63, 3.8) is 0 Å². The highest BCUT2D eigenvalue weighted by molar-refractivity contribution is 6.39. The molecule has 0 radical (unpaired) electrons. The van der Waals surface area contributed by atoms with Gasteiger partial charge in [-0.3, -0.25) is 9.59 Å². The zero-order chi connectivity index (χ0) is 19.9. The molecule has 2 saturated heterocycles. The minimum Gasteiger partial charge on any atom is -0.369 e. The summed E-state index contributed by atoms with van der Waals surface area (Å²) in [5.74, 6) is -1.10. The molecule has 6 nitrogen and oxygen atoms in total. The number of amides is 2. The van der Waals surface area contributed by atoms with Gasteiger partial charge in [-0.1, -0.05) is 6.92 Å². The van der Waals surface area contributed by atoms with Gasteiger partial charge < -0.3 is 20.4 Å². The molecule has 0 spiro atoms. The summed E-state index contributed by atoms with van der Waals surface area (Å²) in [6.45, 7) is 7.56. The molecule has 2 N–H and O–H groups in total. The molecule has 154 valence electrons. The number of hydrogen-bond acceptors (Lipinski definition) is 4. The van der Waals surface area contributed by atoms with E-state index in [0.717, 1.165) is 57.9 Å². The van der Waals surface area contributed by atoms with Gasteiger partial charge in [0.15, 0.2) is 0 Å². The van der Waals surface area contributed by atoms with Crippen LogP contribution in [0.15, 0.2) is 18.2 Å². The molecule has 2 fully saturated rings. The number of hydrogen-bond donors (Lipinski definition) is 2. The van der Waals surface area contributed by atoms with Crippen molar-refractivity contribution in [3.05, 3.63) is 24.0 Å². The first-order valence-corrected chi connectivity index (χ1v) is 10.4. The number of benzene rings is 1. The highest BCUT2D eigenvalue weighted by Crippen LogP contribution is 2.26. The van der Waals surface area contributed by atoms with Gasteiger partial charge in [0.2, 0.25) is 0 Å². The smallest absolute Gasteiger partial charge is 0.313 e. The predicted molar refractivity (Wildman–Crippen MR) is 109 cm³/mol. The highest BCUT2D eigenvalue weighted by Gasteiger charge is 2.19. The van der Waals surface area contributed by atoms with Crippen molar-refractivity contribution >= 4 is 23.2 Å². The molecule has 2 aliphatic heterocycles. The fourth-order valence-corrected chi connectivity index (χ4v) is 4.06. The lowest BCUT2D eigenvalue weighted by atomic mass is 10.0. The molecule has 0 saturated carbocycles. The van der Waals surface area contributed by atoms with E-state index in [1.165, 1.54) is 18.9 Å². The molecule has 2 heterocycles. The molecule has 0 bridgehead atoms. The summed E-state index contributed by atoms with van der Waals surface area (Å²) in [6.07, 6.45) is 5.45. The van der Waals surface area contributed by atoms with Crippen molar-refractivity contribution in [1.82, 2.24) is 10.2 Å². The Labute approximate surface area is 166 Å². The van der Waals surface area contributed by atoms with Crippen LogP contribution in [0.4, 0.5) is 15.8 Å². The topological polar surface area (TPSA) is 64.7 Å². The monoisotopic (exact) mass is 390 g/mol. The quantitative estimate of drug-likeness (QED) is 0.579. The van der Waals surface area contributed by atoms with Gasteiger partial charge in [0.05, 0.1) is 5.69 Å². The van der Waals surface area contributed by atoms with Crippen LogP contribution in [0.25, 0.3) is 0 Å². The van der Waals surface area contributed by atoms with Crippen molar-refractivity contribution < 1.29 is 14.0 Å². The van der Waals surface area contributed by atoms with Crippen LogP contribution < -0.4 is 15.5 Å². The molecule has 2 aliphatic rings. The fourth-order valence-electron chi connectivity index (χ4n) is 4.06. The number of rotatable bonds is 6. The lowest BCUT2D eigenvalue weighted by molar-refractivity contribution is -0.136. The Balaban J connectivity index is 1.40. The van der Waals surface area contributed by atoms with E-state index in [-0.39, 0.29) is 5.82 Å². The molecule has 28 heavy (non-hydrogen) atoms. The number of nitrogens with zero attached hydrogens (tertiary/aromatic N) is 2. The fraction of sp³-hybridized carbons (Fsp3) is 0.619. The summed E-state index contributed by atoms with van der Waals surface area (Å²) in [4.78, 5) is 28.4. The summed E-state index contributed by atoms with van der Waals surface area (Å²) in [5, 5.41) is 5.12. The summed E-state index contributed by atoms with van der Waals surface area (Å²) in [5.41, 5.74) is 0.842. The third-order valence-electron chi connectivity index (χ3n) is 5.54. The third kappa shape index (κ3) is 5.67. The largest absolute Gasteiger partial charge is 0.369 e. The van der Waals surface area contributed by atoms with Crippen LogP contribution in [0.5, 0.6) is 0 Å². The average molecular weight is 391 g/mol. The standard InChI is InChI=1S/C21H31FN4O2/c1-16-6-4-10-25(15-16)11-5-9-23-20(27)21(28)24-17-7-8-19(18(22)14-17)26-12-2-3-13-26/h7-8,14,16H,2-6,9-13,15H2,1H3,(H,23,27)(H,24,28). The second-order valence-corrected chi connectivity index (χ2v) is 7.97. The Kier molecular flexibility index (Phi) is 7.25. The number of halogens is 1. The zero-order valence-corrected chi connectivity index (χ0v) is 16.7. The summed E-state index contributed by atoms with van der Waals surface area (Å²) < 4.78 is 14.3. The molecular formula is C21H31FN4O2. The van der Waals surface area contributed by atoms with Crippen molar-refractivity contribution in [2.75, 3.05) is 49.5 Å². The lowest BCUT2D eigenvalue weighted by Crippen LogP contribution is -2.39. The molecule has 0 aromatic heterocycles. The Hall–Kier alpha value is -2.15. The van der Waals surface area contributed by atoms with Crippen molar-refractivity contribution in [2.45, 2.75) is 39.0 Å². The molecule has 1 atom stereocenters. The molecule has 1 aromatic carbocycles. The predicted octanol–water partition coefficient (Wildman–Crippen LogP) is 2.60. The van der Waals surface area contributed by atoms with Crippen LogP contribution in [0.1, 0.15) is 39.0 Å². The molecule has 2 amide bonds. The number of likely N-dealkylation sites (tertiary alicyclic amines) is 1. The second kappa shape index (κ2) is 9.87. The molecule has 1 unspecified atom stereocenters. The summed E-state index contributed by atoms with van der Waals surface area (Å²) in [6, 6.07) is 4.57. The van der Waals surface area contributed by atoms with E-state index >= 15 is 0 Å². The minimum absolute atomic E-state index is 0.294. The zero-order valence-electron chi connectivity index (χ0n) is 16.7. The van der Waals surface area contributed by atoms with Gasteiger partial charge >= 0.3 is 11.8 Å². The van der Waals surface area contributed by atoms with Crippen LogP contribution >= 0.6 is 0 Å². The van der Waals surface area contributed by atoms with Crippen molar-refractivity contribution in [3.8, 4) is 0 Å². The van der Waals surface area contributed by atoms with Gasteiger partial charge in [-0.2, -0.15) is 0 Å². The lowest BCUT2D eigenvalue weighted by Gasteiger charge is -2.30. The van der Waals surface area contributed by atoms with Gasteiger partial charge in [0, 0.05) is 31.9 Å². The summed E-state index contributed by atoms with van der Waals surface area (Å²) in [7, 11) is 0. The van der Waals surface area contributed by atoms with Crippen molar-refractivity contribution in [1.29, 1.82) is 0 Å². The molecule has 3 rings (SSSR count). The van der Waals surface area contributed by atoms with E-state index in [9.17, 15) is 14.0 Å². The van der Waals surface area contributed by atoms with Gasteiger partial charge in [0.25, 0.3) is 0 Å². The third-order valence-corrected chi connectivity index (χ3v) is 5.54. The maximum Gasteiger partial charge on any atom is 0.313 e. The Morgan fingerprint density at radius 2 is 1.93 bits per heavy atom.